The van der Waals surface area contributed by atoms with Crippen molar-refractivity contribution in [2.45, 2.75) is 19.8 Å². The van der Waals surface area contributed by atoms with Gasteiger partial charge in [-0.25, -0.2) is 0 Å². The Morgan fingerprint density at radius 3 is 2.91 bits per heavy atom. The van der Waals surface area contributed by atoms with Gasteiger partial charge in [0, 0.05) is 25.2 Å². The number of ether oxygens (including phenoxy) is 1. The minimum absolute atomic E-state index is 0. The van der Waals surface area contributed by atoms with E-state index in [0.29, 0.717) is 24.6 Å². The molecule has 1 heterocycles. The molecule has 1 aliphatic heterocycles. The van der Waals surface area contributed by atoms with Crippen LogP contribution in [0.3, 0.4) is 0 Å². The lowest BCUT2D eigenvalue weighted by Gasteiger charge is -2.21. The monoisotopic (exact) mass is 341 g/mol. The molecule has 0 bridgehead atoms. The molecule has 6 nitrogen and oxygen atoms in total. The zero-order chi connectivity index (χ0) is 15.8. The third kappa shape index (κ3) is 6.88. The van der Waals surface area contributed by atoms with Crippen molar-refractivity contribution >= 4 is 29.9 Å². The average molecular weight is 342 g/mol. The van der Waals surface area contributed by atoms with Gasteiger partial charge in [-0.05, 0) is 31.5 Å². The van der Waals surface area contributed by atoms with Crippen LogP contribution in [0.2, 0.25) is 0 Å². The van der Waals surface area contributed by atoms with Gasteiger partial charge in [0.05, 0.1) is 12.5 Å². The standard InChI is InChI=1S/C16H23N3O3.ClH/c1-12(20)19-14-5-2-6-15(10-14)22-9-8-18-16(21)13-4-3-7-17-11-13;/h2,5-6,10,13,17H,3-4,7-9,11H2,1H3,(H,18,21)(H,19,20);1H. The summed E-state index contributed by atoms with van der Waals surface area (Å²) in [6, 6.07) is 7.19. The van der Waals surface area contributed by atoms with Crippen molar-refractivity contribution in [2.75, 3.05) is 31.6 Å². The summed E-state index contributed by atoms with van der Waals surface area (Å²) in [6.07, 6.45) is 1.99. The van der Waals surface area contributed by atoms with Crippen LogP contribution in [0.1, 0.15) is 19.8 Å². The molecule has 1 fully saturated rings. The van der Waals surface area contributed by atoms with Gasteiger partial charge in [0.2, 0.25) is 11.8 Å². The van der Waals surface area contributed by atoms with E-state index in [1.54, 1.807) is 12.1 Å². The fourth-order valence-corrected chi connectivity index (χ4v) is 2.43. The molecule has 0 radical (unpaired) electrons. The molecule has 1 aromatic rings. The van der Waals surface area contributed by atoms with Gasteiger partial charge in [0.25, 0.3) is 0 Å². The molecule has 1 aliphatic rings. The summed E-state index contributed by atoms with van der Waals surface area (Å²) in [5, 5.41) is 8.82. The molecule has 0 spiro atoms. The van der Waals surface area contributed by atoms with Crippen molar-refractivity contribution in [3.05, 3.63) is 24.3 Å². The fraction of sp³-hybridized carbons (Fsp3) is 0.500. The molecule has 0 aromatic heterocycles. The van der Waals surface area contributed by atoms with Crippen molar-refractivity contribution in [3.8, 4) is 5.75 Å². The lowest BCUT2D eigenvalue weighted by molar-refractivity contribution is -0.125. The van der Waals surface area contributed by atoms with Crippen molar-refractivity contribution in [2.24, 2.45) is 5.92 Å². The Bertz CT molecular complexity index is 519. The van der Waals surface area contributed by atoms with E-state index in [-0.39, 0.29) is 30.1 Å². The first-order valence-corrected chi connectivity index (χ1v) is 7.64. The molecule has 0 saturated carbocycles. The number of anilines is 1. The highest BCUT2D eigenvalue weighted by atomic mass is 35.5. The number of benzene rings is 1. The average Bonchev–Trinajstić information content (AvgIpc) is 2.52. The van der Waals surface area contributed by atoms with Gasteiger partial charge in [-0.1, -0.05) is 6.07 Å². The van der Waals surface area contributed by atoms with Gasteiger partial charge in [0.1, 0.15) is 12.4 Å². The summed E-state index contributed by atoms with van der Waals surface area (Å²) < 4.78 is 5.58. The molecule has 128 valence electrons. The Morgan fingerprint density at radius 2 is 2.22 bits per heavy atom. The van der Waals surface area contributed by atoms with Crippen LogP contribution in [-0.2, 0) is 9.59 Å². The number of carbonyl (C=O) groups is 2. The van der Waals surface area contributed by atoms with E-state index in [2.05, 4.69) is 16.0 Å². The Labute approximate surface area is 142 Å². The second-order valence-electron chi connectivity index (χ2n) is 5.39. The zero-order valence-corrected chi connectivity index (χ0v) is 14.1. The van der Waals surface area contributed by atoms with Crippen LogP contribution in [0.25, 0.3) is 0 Å². The second kappa shape index (κ2) is 10.1. The molecule has 1 unspecified atom stereocenters. The molecule has 3 N–H and O–H groups in total. The largest absolute Gasteiger partial charge is 0.492 e. The zero-order valence-electron chi connectivity index (χ0n) is 13.3. The van der Waals surface area contributed by atoms with E-state index in [4.69, 9.17) is 4.74 Å². The van der Waals surface area contributed by atoms with Crippen LogP contribution in [0.15, 0.2) is 24.3 Å². The van der Waals surface area contributed by atoms with E-state index in [9.17, 15) is 9.59 Å². The summed E-state index contributed by atoms with van der Waals surface area (Å²) in [7, 11) is 0. The maximum absolute atomic E-state index is 11.9. The third-order valence-electron chi connectivity index (χ3n) is 3.49. The maximum atomic E-state index is 11.9. The van der Waals surface area contributed by atoms with E-state index < -0.39 is 0 Å². The molecule has 2 rings (SSSR count). The Morgan fingerprint density at radius 1 is 1.39 bits per heavy atom. The molecule has 1 atom stereocenters. The summed E-state index contributed by atoms with van der Waals surface area (Å²) >= 11 is 0. The highest BCUT2D eigenvalue weighted by Gasteiger charge is 2.20. The maximum Gasteiger partial charge on any atom is 0.224 e. The topological polar surface area (TPSA) is 79.5 Å². The SMILES string of the molecule is CC(=O)Nc1cccc(OCCNC(=O)C2CCCNC2)c1.Cl. The van der Waals surface area contributed by atoms with Crippen LogP contribution in [-0.4, -0.2) is 38.1 Å². The van der Waals surface area contributed by atoms with E-state index in [1.165, 1.54) is 6.92 Å². The van der Waals surface area contributed by atoms with Gasteiger partial charge in [-0.3, -0.25) is 9.59 Å². The lowest BCUT2D eigenvalue weighted by Crippen LogP contribution is -2.41. The number of nitrogens with one attached hydrogen (secondary N) is 3. The van der Waals surface area contributed by atoms with Gasteiger partial charge in [0.15, 0.2) is 0 Å². The minimum atomic E-state index is -0.120. The molecule has 2 amide bonds. The quantitative estimate of drug-likeness (QED) is 0.686. The van der Waals surface area contributed by atoms with Crippen molar-refractivity contribution < 1.29 is 14.3 Å². The predicted octanol–water partition coefficient (Wildman–Crippen LogP) is 1.56. The predicted molar refractivity (Wildman–Crippen MR) is 92.1 cm³/mol. The van der Waals surface area contributed by atoms with E-state index >= 15 is 0 Å². The second-order valence-corrected chi connectivity index (χ2v) is 5.39. The first-order valence-electron chi connectivity index (χ1n) is 7.64. The Hall–Kier alpha value is -1.79. The van der Waals surface area contributed by atoms with Crippen molar-refractivity contribution in [1.82, 2.24) is 10.6 Å². The van der Waals surface area contributed by atoms with Crippen LogP contribution in [0, 0.1) is 5.92 Å². The van der Waals surface area contributed by atoms with Crippen molar-refractivity contribution in [1.29, 1.82) is 0 Å². The summed E-state index contributed by atoms with van der Waals surface area (Å²) in [5.74, 6) is 0.699. The molecule has 0 aliphatic carbocycles. The smallest absolute Gasteiger partial charge is 0.224 e. The number of carbonyl (C=O) groups excluding carboxylic acids is 2. The number of hydrogen-bond donors (Lipinski definition) is 3. The highest BCUT2D eigenvalue weighted by molar-refractivity contribution is 5.88. The summed E-state index contributed by atoms with van der Waals surface area (Å²) in [6.45, 7) is 4.08. The number of hydrogen-bond acceptors (Lipinski definition) is 4. The fourth-order valence-electron chi connectivity index (χ4n) is 2.43. The number of amides is 2. The third-order valence-corrected chi connectivity index (χ3v) is 3.49. The number of piperidine rings is 1. The first kappa shape index (κ1) is 19.3. The summed E-state index contributed by atoms with van der Waals surface area (Å²) in [4.78, 5) is 22.9. The lowest BCUT2D eigenvalue weighted by atomic mass is 9.99. The molecule has 1 saturated heterocycles. The highest BCUT2D eigenvalue weighted by Crippen LogP contribution is 2.17. The molecular formula is C16H24ClN3O3. The summed E-state index contributed by atoms with van der Waals surface area (Å²) in [5.41, 5.74) is 0.697. The molecule has 1 aromatic carbocycles. The van der Waals surface area contributed by atoms with E-state index in [1.807, 2.05) is 12.1 Å². The first-order chi connectivity index (χ1) is 10.6. The van der Waals surface area contributed by atoms with Crippen LogP contribution in [0.4, 0.5) is 5.69 Å². The van der Waals surface area contributed by atoms with Gasteiger partial charge in [-0.2, -0.15) is 0 Å². The Kier molecular flexibility index (Phi) is 8.43. The molecular weight excluding hydrogens is 318 g/mol. The van der Waals surface area contributed by atoms with Gasteiger partial charge >= 0.3 is 0 Å². The van der Waals surface area contributed by atoms with Crippen LogP contribution in [0.5, 0.6) is 5.75 Å². The van der Waals surface area contributed by atoms with E-state index in [0.717, 1.165) is 25.9 Å². The number of rotatable bonds is 6. The normalized spacial score (nSPS) is 16.8. The van der Waals surface area contributed by atoms with Crippen molar-refractivity contribution in [3.63, 3.8) is 0 Å². The number of halogens is 1. The van der Waals surface area contributed by atoms with Gasteiger partial charge in [-0.15, -0.1) is 12.4 Å². The van der Waals surface area contributed by atoms with Crippen LogP contribution >= 0.6 is 12.4 Å². The minimum Gasteiger partial charge on any atom is -0.492 e. The van der Waals surface area contributed by atoms with Crippen LogP contribution < -0.4 is 20.7 Å². The Balaban J connectivity index is 0.00000264. The molecule has 7 heteroatoms. The molecule has 23 heavy (non-hydrogen) atoms. The van der Waals surface area contributed by atoms with Gasteiger partial charge < -0.3 is 20.7 Å².